The quantitative estimate of drug-likeness (QED) is 0.487. The van der Waals surface area contributed by atoms with Gasteiger partial charge in [-0.05, 0) is 11.6 Å². The first-order valence-electron chi connectivity index (χ1n) is 6.00. The van der Waals surface area contributed by atoms with E-state index in [2.05, 4.69) is 0 Å². The van der Waals surface area contributed by atoms with Crippen LogP contribution in [-0.4, -0.2) is 21.6 Å². The molecule has 20 heavy (non-hydrogen) atoms. The van der Waals surface area contributed by atoms with E-state index >= 15 is 0 Å². The Hall–Kier alpha value is -1.95. The normalized spacial score (nSPS) is 17.6. The molecule has 0 atom stereocenters. The van der Waals surface area contributed by atoms with Crippen LogP contribution in [-0.2, 0) is 16.1 Å². The van der Waals surface area contributed by atoms with Gasteiger partial charge in [-0.2, -0.15) is 0 Å². The number of benzene rings is 1. The first kappa shape index (κ1) is 14.5. The number of nitrogens with zero attached hydrogens (tertiary/aromatic N) is 2. The number of nitro groups is 1. The van der Waals surface area contributed by atoms with Gasteiger partial charge in [0.15, 0.2) is 0 Å². The van der Waals surface area contributed by atoms with Crippen LogP contribution in [0, 0.1) is 15.5 Å². The molecule has 0 aromatic heterocycles. The zero-order valence-electron chi connectivity index (χ0n) is 11.1. The van der Waals surface area contributed by atoms with E-state index in [0.29, 0.717) is 5.56 Å². The molecular weight excluding hydrogens is 284 g/mol. The number of amides is 2. The van der Waals surface area contributed by atoms with E-state index in [-0.39, 0.29) is 35.5 Å². The summed E-state index contributed by atoms with van der Waals surface area (Å²) in [6.45, 7) is 3.44. The van der Waals surface area contributed by atoms with Gasteiger partial charge < -0.3 is 0 Å². The molecule has 0 saturated carbocycles. The van der Waals surface area contributed by atoms with Gasteiger partial charge in [-0.1, -0.05) is 31.5 Å². The molecule has 2 rings (SSSR count). The lowest BCUT2D eigenvalue weighted by atomic mass is 9.92. The number of carbonyl (C=O) groups excluding carboxylic acids is 2. The number of rotatable bonds is 3. The zero-order chi connectivity index (χ0) is 15.1. The first-order valence-corrected chi connectivity index (χ1v) is 6.38. The van der Waals surface area contributed by atoms with Crippen LogP contribution in [0.4, 0.5) is 5.69 Å². The van der Waals surface area contributed by atoms with Crippen molar-refractivity contribution in [3.63, 3.8) is 0 Å². The summed E-state index contributed by atoms with van der Waals surface area (Å²) in [5, 5.41) is 10.8. The second-order valence-electron chi connectivity index (χ2n) is 5.39. The summed E-state index contributed by atoms with van der Waals surface area (Å²) in [6.07, 6.45) is 0.154. The van der Waals surface area contributed by atoms with Crippen LogP contribution in [0.2, 0.25) is 5.02 Å². The molecule has 0 spiro atoms. The second-order valence-corrected chi connectivity index (χ2v) is 5.80. The lowest BCUT2D eigenvalue weighted by molar-refractivity contribution is -0.384. The predicted molar refractivity (Wildman–Crippen MR) is 72.1 cm³/mol. The Kier molecular flexibility index (Phi) is 3.52. The van der Waals surface area contributed by atoms with Crippen molar-refractivity contribution in [2.45, 2.75) is 26.8 Å². The van der Waals surface area contributed by atoms with E-state index in [9.17, 15) is 19.7 Å². The van der Waals surface area contributed by atoms with Gasteiger partial charge in [0.2, 0.25) is 11.8 Å². The van der Waals surface area contributed by atoms with Crippen LogP contribution in [0.5, 0.6) is 0 Å². The molecule has 1 heterocycles. The standard InChI is InChI=1S/C13H13ClN2O4/c1-13(2)6-11(17)15(12(13)18)7-8-3-4-9(14)10(5-8)16(19)20/h3-5H,6-7H2,1-2H3. The van der Waals surface area contributed by atoms with Crippen molar-refractivity contribution in [1.29, 1.82) is 0 Å². The molecule has 1 aliphatic rings. The Morgan fingerprint density at radius 1 is 1.40 bits per heavy atom. The molecule has 2 amide bonds. The average Bonchev–Trinajstić information content (AvgIpc) is 2.53. The fraction of sp³-hybridized carbons (Fsp3) is 0.385. The third kappa shape index (κ3) is 2.51. The van der Waals surface area contributed by atoms with Crippen molar-refractivity contribution < 1.29 is 14.5 Å². The number of hydrogen-bond donors (Lipinski definition) is 0. The summed E-state index contributed by atoms with van der Waals surface area (Å²) >= 11 is 5.72. The van der Waals surface area contributed by atoms with Gasteiger partial charge in [0.25, 0.3) is 5.69 Å². The molecule has 1 aliphatic heterocycles. The molecule has 1 fully saturated rings. The van der Waals surface area contributed by atoms with Gasteiger partial charge in [0, 0.05) is 12.5 Å². The molecule has 1 aromatic rings. The van der Waals surface area contributed by atoms with Gasteiger partial charge >= 0.3 is 0 Å². The summed E-state index contributed by atoms with van der Waals surface area (Å²) in [6, 6.07) is 4.25. The summed E-state index contributed by atoms with van der Waals surface area (Å²) in [4.78, 5) is 35.3. The van der Waals surface area contributed by atoms with E-state index < -0.39 is 10.3 Å². The molecule has 0 unspecified atom stereocenters. The summed E-state index contributed by atoms with van der Waals surface area (Å²) in [7, 11) is 0. The topological polar surface area (TPSA) is 80.5 Å². The Morgan fingerprint density at radius 2 is 2.05 bits per heavy atom. The van der Waals surface area contributed by atoms with E-state index in [4.69, 9.17) is 11.6 Å². The number of halogens is 1. The van der Waals surface area contributed by atoms with E-state index in [1.165, 1.54) is 12.1 Å². The van der Waals surface area contributed by atoms with Crippen LogP contribution >= 0.6 is 11.6 Å². The Labute approximate surface area is 120 Å². The third-order valence-electron chi connectivity index (χ3n) is 3.27. The fourth-order valence-electron chi connectivity index (χ4n) is 2.17. The SMILES string of the molecule is CC1(C)CC(=O)N(Cc2ccc(Cl)c([N+](=O)[O-])c2)C1=O. The highest BCUT2D eigenvalue weighted by atomic mass is 35.5. The van der Waals surface area contributed by atoms with Crippen molar-refractivity contribution in [2.75, 3.05) is 0 Å². The number of likely N-dealkylation sites (tertiary alicyclic amines) is 1. The molecule has 0 radical (unpaired) electrons. The molecule has 1 aromatic carbocycles. The zero-order valence-corrected chi connectivity index (χ0v) is 11.8. The van der Waals surface area contributed by atoms with Gasteiger partial charge in [-0.3, -0.25) is 24.6 Å². The lowest BCUT2D eigenvalue weighted by Crippen LogP contribution is -2.32. The number of hydrogen-bond acceptors (Lipinski definition) is 4. The maximum absolute atomic E-state index is 12.1. The fourth-order valence-corrected chi connectivity index (χ4v) is 2.35. The minimum atomic E-state index is -0.713. The Balaban J connectivity index is 2.27. The Bertz CT molecular complexity index is 612. The minimum absolute atomic E-state index is 0.0261. The minimum Gasteiger partial charge on any atom is -0.278 e. The predicted octanol–water partition coefficient (Wildman–Crippen LogP) is 2.53. The number of nitro benzene ring substituents is 1. The monoisotopic (exact) mass is 296 g/mol. The van der Waals surface area contributed by atoms with Gasteiger partial charge in [-0.25, -0.2) is 0 Å². The average molecular weight is 297 g/mol. The van der Waals surface area contributed by atoms with Crippen molar-refractivity contribution in [2.24, 2.45) is 5.41 Å². The molecule has 6 nitrogen and oxygen atoms in total. The van der Waals surface area contributed by atoms with Gasteiger partial charge in [-0.15, -0.1) is 0 Å². The largest absolute Gasteiger partial charge is 0.288 e. The molecule has 0 aliphatic carbocycles. The molecular formula is C13H13ClN2O4. The highest BCUT2D eigenvalue weighted by Gasteiger charge is 2.44. The molecule has 106 valence electrons. The van der Waals surface area contributed by atoms with Crippen molar-refractivity contribution in [1.82, 2.24) is 4.90 Å². The first-order chi connectivity index (χ1) is 9.22. The maximum Gasteiger partial charge on any atom is 0.288 e. The molecule has 1 saturated heterocycles. The van der Waals surface area contributed by atoms with Crippen molar-refractivity contribution in [3.05, 3.63) is 38.9 Å². The van der Waals surface area contributed by atoms with Crippen LogP contribution in [0.25, 0.3) is 0 Å². The Morgan fingerprint density at radius 3 is 2.55 bits per heavy atom. The highest BCUT2D eigenvalue weighted by Crippen LogP contribution is 2.33. The van der Waals surface area contributed by atoms with E-state index in [1.54, 1.807) is 19.9 Å². The maximum atomic E-state index is 12.1. The summed E-state index contributed by atoms with van der Waals surface area (Å²) < 4.78 is 0. The van der Waals surface area contributed by atoms with Crippen molar-refractivity contribution >= 4 is 29.1 Å². The van der Waals surface area contributed by atoms with Crippen molar-refractivity contribution in [3.8, 4) is 0 Å². The molecule has 0 N–H and O–H groups in total. The van der Waals surface area contributed by atoms with Gasteiger partial charge in [0.1, 0.15) is 5.02 Å². The molecule has 7 heteroatoms. The third-order valence-corrected chi connectivity index (χ3v) is 3.59. The van der Waals surface area contributed by atoms with E-state index in [0.717, 1.165) is 4.90 Å². The van der Waals surface area contributed by atoms with Crippen LogP contribution in [0.1, 0.15) is 25.8 Å². The second kappa shape index (κ2) is 4.86. The van der Waals surface area contributed by atoms with Crippen LogP contribution < -0.4 is 0 Å². The molecule has 0 bridgehead atoms. The number of carbonyl (C=O) groups is 2. The smallest absolute Gasteiger partial charge is 0.278 e. The van der Waals surface area contributed by atoms with Crippen LogP contribution in [0.15, 0.2) is 18.2 Å². The van der Waals surface area contributed by atoms with Gasteiger partial charge in [0.05, 0.1) is 16.9 Å². The van der Waals surface area contributed by atoms with E-state index in [1.807, 2.05) is 0 Å². The number of imide groups is 1. The summed E-state index contributed by atoms with van der Waals surface area (Å²) in [5.74, 6) is -0.530. The lowest BCUT2D eigenvalue weighted by Gasteiger charge is -2.17. The van der Waals surface area contributed by atoms with Crippen LogP contribution in [0.3, 0.4) is 0 Å². The highest BCUT2D eigenvalue weighted by molar-refractivity contribution is 6.32. The summed E-state index contributed by atoms with van der Waals surface area (Å²) in [5.41, 5.74) is -0.446.